The summed E-state index contributed by atoms with van der Waals surface area (Å²) in [6.45, 7) is 2.87. The molecule has 1 aliphatic rings. The molecule has 0 unspecified atom stereocenters. The van der Waals surface area contributed by atoms with Gasteiger partial charge < -0.3 is 10.8 Å². The van der Waals surface area contributed by atoms with Crippen LogP contribution in [-0.4, -0.2) is 62.1 Å². The fraction of sp³-hybridized carbons (Fsp3) is 0.538. The summed E-state index contributed by atoms with van der Waals surface area (Å²) in [5.74, 6) is 0. The lowest BCUT2D eigenvalue weighted by Gasteiger charge is -2.21. The van der Waals surface area contributed by atoms with E-state index in [-0.39, 0.29) is 16.5 Å². The quantitative estimate of drug-likeness (QED) is 0.788. The maximum Gasteiger partial charge on any atom is 0.244 e. The highest BCUT2D eigenvalue weighted by atomic mass is 35.5. The molecule has 21 heavy (non-hydrogen) atoms. The molecule has 0 aliphatic carbocycles. The SMILES string of the molecule is Nc1ccc(S(=O)(=O)N2CCCN(CCO)CC2)c(Cl)c1. The Labute approximate surface area is 130 Å². The molecule has 1 saturated heterocycles. The number of β-amino-alcohol motifs (C(OH)–C–C–N with tert-alkyl or cyclic N) is 1. The topological polar surface area (TPSA) is 86.9 Å². The maximum atomic E-state index is 12.7. The van der Waals surface area contributed by atoms with Crippen LogP contribution in [0.4, 0.5) is 5.69 Å². The van der Waals surface area contributed by atoms with E-state index < -0.39 is 10.0 Å². The normalized spacial score (nSPS) is 18.6. The van der Waals surface area contributed by atoms with Crippen molar-refractivity contribution in [2.45, 2.75) is 11.3 Å². The number of rotatable bonds is 4. The summed E-state index contributed by atoms with van der Waals surface area (Å²) < 4.78 is 26.8. The Balaban J connectivity index is 2.19. The molecule has 1 aliphatic heterocycles. The molecule has 0 spiro atoms. The fourth-order valence-electron chi connectivity index (χ4n) is 2.42. The molecular weight excluding hydrogens is 314 g/mol. The van der Waals surface area contributed by atoms with Gasteiger partial charge in [-0.15, -0.1) is 0 Å². The van der Waals surface area contributed by atoms with Gasteiger partial charge in [0.25, 0.3) is 0 Å². The van der Waals surface area contributed by atoms with E-state index in [1.54, 1.807) is 0 Å². The highest BCUT2D eigenvalue weighted by Crippen LogP contribution is 2.27. The van der Waals surface area contributed by atoms with Gasteiger partial charge in [0.15, 0.2) is 0 Å². The zero-order valence-corrected chi connectivity index (χ0v) is 13.3. The number of nitrogens with two attached hydrogens (primary N) is 1. The van der Waals surface area contributed by atoms with Crippen molar-refractivity contribution in [2.75, 3.05) is 45.1 Å². The summed E-state index contributed by atoms with van der Waals surface area (Å²) in [5.41, 5.74) is 6.04. The second kappa shape index (κ2) is 6.93. The molecule has 8 heteroatoms. The van der Waals surface area contributed by atoms with Crippen molar-refractivity contribution in [1.29, 1.82) is 0 Å². The van der Waals surface area contributed by atoms with Crippen molar-refractivity contribution < 1.29 is 13.5 Å². The molecule has 0 radical (unpaired) electrons. The van der Waals surface area contributed by atoms with Crippen LogP contribution in [0, 0.1) is 0 Å². The number of aliphatic hydroxyl groups is 1. The largest absolute Gasteiger partial charge is 0.399 e. The van der Waals surface area contributed by atoms with E-state index in [1.807, 2.05) is 0 Å². The van der Waals surface area contributed by atoms with Crippen LogP contribution in [0.2, 0.25) is 5.02 Å². The van der Waals surface area contributed by atoms with Gasteiger partial charge >= 0.3 is 0 Å². The number of benzene rings is 1. The molecule has 1 fully saturated rings. The van der Waals surface area contributed by atoms with E-state index in [0.29, 0.717) is 31.9 Å². The molecule has 118 valence electrons. The third-order valence-electron chi connectivity index (χ3n) is 3.54. The third-order valence-corrected chi connectivity index (χ3v) is 5.92. The van der Waals surface area contributed by atoms with Gasteiger partial charge in [-0.05, 0) is 31.2 Å². The average molecular weight is 334 g/mol. The molecular formula is C13H20ClN3O3S. The second-order valence-electron chi connectivity index (χ2n) is 5.01. The van der Waals surface area contributed by atoms with Crippen molar-refractivity contribution in [3.8, 4) is 0 Å². The van der Waals surface area contributed by atoms with Crippen LogP contribution in [0.15, 0.2) is 23.1 Å². The van der Waals surface area contributed by atoms with E-state index >= 15 is 0 Å². The predicted molar refractivity (Wildman–Crippen MR) is 82.8 cm³/mol. The van der Waals surface area contributed by atoms with E-state index in [0.717, 1.165) is 13.0 Å². The van der Waals surface area contributed by atoms with Crippen LogP contribution in [0.5, 0.6) is 0 Å². The van der Waals surface area contributed by atoms with Crippen molar-refractivity contribution >= 4 is 27.3 Å². The molecule has 1 heterocycles. The first-order valence-corrected chi connectivity index (χ1v) is 8.65. The zero-order chi connectivity index (χ0) is 15.5. The summed E-state index contributed by atoms with van der Waals surface area (Å²) in [4.78, 5) is 2.15. The van der Waals surface area contributed by atoms with Crippen molar-refractivity contribution in [3.63, 3.8) is 0 Å². The number of nitrogens with zero attached hydrogens (tertiary/aromatic N) is 2. The minimum absolute atomic E-state index is 0.0799. The van der Waals surface area contributed by atoms with E-state index in [1.165, 1.54) is 22.5 Å². The Morgan fingerprint density at radius 2 is 2.00 bits per heavy atom. The van der Waals surface area contributed by atoms with Crippen LogP contribution < -0.4 is 5.73 Å². The lowest BCUT2D eigenvalue weighted by atomic mass is 10.3. The molecule has 0 aromatic heterocycles. The van der Waals surface area contributed by atoms with Crippen LogP contribution in [0.3, 0.4) is 0 Å². The van der Waals surface area contributed by atoms with Gasteiger partial charge in [-0.1, -0.05) is 11.6 Å². The first-order valence-electron chi connectivity index (χ1n) is 6.83. The Morgan fingerprint density at radius 3 is 2.67 bits per heavy atom. The Bertz CT molecular complexity index is 594. The van der Waals surface area contributed by atoms with E-state index in [9.17, 15) is 8.42 Å². The molecule has 0 atom stereocenters. The Kier molecular flexibility index (Phi) is 5.45. The van der Waals surface area contributed by atoms with E-state index in [4.69, 9.17) is 22.4 Å². The van der Waals surface area contributed by atoms with Crippen molar-refractivity contribution in [3.05, 3.63) is 23.2 Å². The monoisotopic (exact) mass is 333 g/mol. The number of sulfonamides is 1. The lowest BCUT2D eigenvalue weighted by Crippen LogP contribution is -2.36. The maximum absolute atomic E-state index is 12.7. The summed E-state index contributed by atoms with van der Waals surface area (Å²) in [6, 6.07) is 4.43. The number of halogens is 1. The van der Waals surface area contributed by atoms with Gasteiger partial charge in [0.2, 0.25) is 10.0 Å². The molecule has 1 aromatic rings. The molecule has 1 aromatic carbocycles. The van der Waals surface area contributed by atoms with Gasteiger partial charge in [0.1, 0.15) is 4.90 Å². The van der Waals surface area contributed by atoms with Gasteiger partial charge in [-0.3, -0.25) is 4.90 Å². The Morgan fingerprint density at radius 1 is 1.24 bits per heavy atom. The molecule has 2 rings (SSSR count). The van der Waals surface area contributed by atoms with Crippen LogP contribution in [0.1, 0.15) is 6.42 Å². The van der Waals surface area contributed by atoms with Crippen molar-refractivity contribution in [2.24, 2.45) is 0 Å². The van der Waals surface area contributed by atoms with Gasteiger partial charge in [-0.25, -0.2) is 8.42 Å². The predicted octanol–water partition coefficient (Wildman–Crippen LogP) is 0.611. The minimum atomic E-state index is -3.61. The smallest absolute Gasteiger partial charge is 0.244 e. The van der Waals surface area contributed by atoms with Gasteiger partial charge in [0, 0.05) is 31.9 Å². The second-order valence-corrected chi connectivity index (χ2v) is 7.33. The summed E-state index contributed by atoms with van der Waals surface area (Å²) in [5, 5.41) is 9.12. The molecule has 0 saturated carbocycles. The van der Waals surface area contributed by atoms with Crippen LogP contribution in [-0.2, 0) is 10.0 Å². The standard InChI is InChI=1S/C13H20ClN3O3S/c14-12-10-11(15)2-3-13(12)21(19,20)17-5-1-4-16(6-7-17)8-9-18/h2-3,10,18H,1,4-9,15H2. The first-order chi connectivity index (χ1) is 9.95. The average Bonchev–Trinajstić information content (AvgIpc) is 2.65. The van der Waals surface area contributed by atoms with Gasteiger partial charge in [-0.2, -0.15) is 4.31 Å². The first kappa shape index (κ1) is 16.5. The molecule has 0 amide bonds. The van der Waals surface area contributed by atoms with Crippen LogP contribution in [0.25, 0.3) is 0 Å². The zero-order valence-electron chi connectivity index (χ0n) is 11.7. The number of aliphatic hydroxyl groups excluding tert-OH is 1. The highest BCUT2D eigenvalue weighted by molar-refractivity contribution is 7.89. The molecule has 0 bridgehead atoms. The minimum Gasteiger partial charge on any atom is -0.399 e. The van der Waals surface area contributed by atoms with Crippen LogP contribution >= 0.6 is 11.6 Å². The molecule has 3 N–H and O–H groups in total. The fourth-order valence-corrected chi connectivity index (χ4v) is 4.41. The van der Waals surface area contributed by atoms with E-state index in [2.05, 4.69) is 4.90 Å². The Hall–Kier alpha value is -0.860. The number of hydrogen-bond acceptors (Lipinski definition) is 5. The summed E-state index contributed by atoms with van der Waals surface area (Å²) in [7, 11) is -3.61. The number of nitrogen functional groups attached to an aromatic ring is 1. The highest BCUT2D eigenvalue weighted by Gasteiger charge is 2.28. The third kappa shape index (κ3) is 3.87. The summed E-state index contributed by atoms with van der Waals surface area (Å²) >= 11 is 6.02. The number of hydrogen-bond donors (Lipinski definition) is 2. The number of anilines is 1. The van der Waals surface area contributed by atoms with Gasteiger partial charge in [0.05, 0.1) is 11.6 Å². The summed E-state index contributed by atoms with van der Waals surface area (Å²) in [6.07, 6.45) is 0.728. The van der Waals surface area contributed by atoms with Crippen molar-refractivity contribution in [1.82, 2.24) is 9.21 Å². The lowest BCUT2D eigenvalue weighted by molar-refractivity contribution is 0.202. The molecule has 6 nitrogen and oxygen atoms in total.